The molecule has 84 valence electrons. The molecule has 0 amide bonds. The van der Waals surface area contributed by atoms with Crippen molar-refractivity contribution in [2.24, 2.45) is 0 Å². The van der Waals surface area contributed by atoms with E-state index in [0.717, 1.165) is 16.3 Å². The van der Waals surface area contributed by atoms with Crippen molar-refractivity contribution in [1.82, 2.24) is 4.98 Å². The molecule has 2 aromatic rings. The first-order valence-corrected chi connectivity index (χ1v) is 6.78. The molecule has 5 heteroatoms. The highest BCUT2D eigenvalue weighted by molar-refractivity contribution is 6.53. The lowest BCUT2D eigenvalue weighted by Gasteiger charge is -2.11. The third kappa shape index (κ3) is 2.88. The van der Waals surface area contributed by atoms with E-state index in [4.69, 9.17) is 14.4 Å². The maximum absolute atomic E-state index is 8.83. The van der Waals surface area contributed by atoms with Gasteiger partial charge in [0.1, 0.15) is 0 Å². The van der Waals surface area contributed by atoms with Gasteiger partial charge in [-0.25, -0.2) is 0 Å². The number of benzene rings is 2. The molecule has 0 aliphatic heterocycles. The van der Waals surface area contributed by atoms with Crippen molar-refractivity contribution in [2.75, 3.05) is 0 Å². The average molecular weight is 235 g/mol. The summed E-state index contributed by atoms with van der Waals surface area (Å²) in [5.74, 6) is 0. The molecule has 2 aromatic carbocycles. The largest absolute Gasteiger partial charge is 0.588 e. The van der Waals surface area contributed by atoms with E-state index in [9.17, 15) is 0 Å². The van der Waals surface area contributed by atoms with Gasteiger partial charge in [0.25, 0.3) is 0 Å². The minimum absolute atomic E-state index is 0.237. The smallest absolute Gasteiger partial charge is 0.377 e. The summed E-state index contributed by atoms with van der Waals surface area (Å²) < 4.78 is 0. The van der Waals surface area contributed by atoms with Gasteiger partial charge in [-0.2, -0.15) is 0 Å². The maximum Gasteiger partial charge on any atom is 0.588 e. The van der Waals surface area contributed by atoms with Crippen molar-refractivity contribution in [3.63, 3.8) is 0 Å². The molecule has 0 spiro atoms. The molecular formula is C11H13NO3Si. The van der Waals surface area contributed by atoms with Crippen LogP contribution in [0, 0.1) is 0 Å². The normalized spacial score (nSPS) is 11.9. The Labute approximate surface area is 94.2 Å². The second-order valence-electron chi connectivity index (χ2n) is 3.67. The standard InChI is InChI=1S/C11H13NO3Si/c13-16(14,15)12-8-9-5-6-10-3-1-2-4-11(10)7-9/h1-7,12-15H,8H2. The van der Waals surface area contributed by atoms with Gasteiger partial charge in [0, 0.05) is 6.54 Å². The van der Waals surface area contributed by atoms with Crippen molar-refractivity contribution in [1.29, 1.82) is 0 Å². The van der Waals surface area contributed by atoms with E-state index in [1.807, 2.05) is 42.5 Å². The van der Waals surface area contributed by atoms with Gasteiger partial charge in [0.2, 0.25) is 0 Å². The van der Waals surface area contributed by atoms with E-state index in [1.54, 1.807) is 0 Å². The van der Waals surface area contributed by atoms with Gasteiger partial charge in [0.15, 0.2) is 0 Å². The van der Waals surface area contributed by atoms with E-state index in [-0.39, 0.29) is 6.54 Å². The highest BCUT2D eigenvalue weighted by Gasteiger charge is 2.26. The molecule has 0 saturated heterocycles. The van der Waals surface area contributed by atoms with Crippen LogP contribution in [0.15, 0.2) is 42.5 Å². The summed E-state index contributed by atoms with van der Waals surface area (Å²) in [6.07, 6.45) is 0. The molecule has 0 fully saturated rings. The highest BCUT2D eigenvalue weighted by Crippen LogP contribution is 2.15. The van der Waals surface area contributed by atoms with Crippen molar-refractivity contribution in [3.05, 3.63) is 48.0 Å². The van der Waals surface area contributed by atoms with Crippen LogP contribution in [0.2, 0.25) is 0 Å². The third-order valence-electron chi connectivity index (χ3n) is 2.34. The van der Waals surface area contributed by atoms with Crippen molar-refractivity contribution in [2.45, 2.75) is 6.54 Å². The van der Waals surface area contributed by atoms with Crippen LogP contribution in [0.25, 0.3) is 10.8 Å². The lowest BCUT2D eigenvalue weighted by Crippen LogP contribution is -2.51. The van der Waals surface area contributed by atoms with Crippen molar-refractivity contribution < 1.29 is 14.4 Å². The van der Waals surface area contributed by atoms with E-state index in [2.05, 4.69) is 4.98 Å². The first kappa shape index (κ1) is 11.2. The Hall–Kier alpha value is -1.24. The van der Waals surface area contributed by atoms with Gasteiger partial charge in [-0.15, -0.1) is 0 Å². The molecule has 0 radical (unpaired) electrons. The molecule has 2 rings (SSSR count). The van der Waals surface area contributed by atoms with E-state index in [0.29, 0.717) is 0 Å². The summed E-state index contributed by atoms with van der Waals surface area (Å²) in [6.45, 7) is 0.237. The van der Waals surface area contributed by atoms with Crippen LogP contribution in [0.4, 0.5) is 0 Å². The number of nitrogens with one attached hydrogen (secondary N) is 1. The SMILES string of the molecule is O[Si](O)(O)NCc1ccc2ccccc2c1. The van der Waals surface area contributed by atoms with Crippen LogP contribution in [-0.4, -0.2) is 23.4 Å². The van der Waals surface area contributed by atoms with Crippen LogP contribution in [0.5, 0.6) is 0 Å². The molecule has 0 saturated carbocycles. The first-order chi connectivity index (χ1) is 7.54. The second-order valence-corrected chi connectivity index (χ2v) is 5.29. The predicted octanol–water partition coefficient (Wildman–Crippen LogP) is 0.342. The molecule has 0 bridgehead atoms. The number of hydrogen-bond donors (Lipinski definition) is 4. The van der Waals surface area contributed by atoms with Crippen LogP contribution in [-0.2, 0) is 6.54 Å². The van der Waals surface area contributed by atoms with Crippen molar-refractivity contribution in [3.8, 4) is 0 Å². The monoisotopic (exact) mass is 235 g/mol. The minimum atomic E-state index is -4.16. The van der Waals surface area contributed by atoms with Crippen molar-refractivity contribution >= 4 is 19.7 Å². The number of fused-ring (bicyclic) bond motifs is 1. The summed E-state index contributed by atoms with van der Waals surface area (Å²) in [5, 5.41) is 2.22. The zero-order valence-corrected chi connectivity index (χ0v) is 9.59. The van der Waals surface area contributed by atoms with Gasteiger partial charge in [-0.05, 0) is 22.4 Å². The molecule has 0 aromatic heterocycles. The van der Waals surface area contributed by atoms with E-state index >= 15 is 0 Å². The minimum Gasteiger partial charge on any atom is -0.377 e. The summed E-state index contributed by atoms with van der Waals surface area (Å²) in [7, 11) is -4.16. The second kappa shape index (κ2) is 4.32. The Morgan fingerprint density at radius 3 is 2.31 bits per heavy atom. The fraction of sp³-hybridized carbons (Fsp3) is 0.0909. The van der Waals surface area contributed by atoms with E-state index in [1.165, 1.54) is 0 Å². The maximum atomic E-state index is 8.83. The van der Waals surface area contributed by atoms with Crippen LogP contribution >= 0.6 is 0 Å². The number of hydrogen-bond acceptors (Lipinski definition) is 4. The molecule has 4 nitrogen and oxygen atoms in total. The van der Waals surface area contributed by atoms with Gasteiger partial charge in [-0.3, -0.25) is 4.98 Å². The molecule has 0 heterocycles. The zero-order valence-electron chi connectivity index (χ0n) is 8.59. The van der Waals surface area contributed by atoms with E-state index < -0.39 is 8.97 Å². The van der Waals surface area contributed by atoms with Gasteiger partial charge >= 0.3 is 8.97 Å². The fourth-order valence-electron chi connectivity index (χ4n) is 1.57. The first-order valence-electron chi connectivity index (χ1n) is 4.94. The summed E-state index contributed by atoms with van der Waals surface area (Å²) in [5.41, 5.74) is 0.896. The Kier molecular flexibility index (Phi) is 3.04. The molecular weight excluding hydrogens is 222 g/mol. The molecule has 16 heavy (non-hydrogen) atoms. The van der Waals surface area contributed by atoms with Gasteiger partial charge < -0.3 is 14.4 Å². The number of rotatable bonds is 3. The average Bonchev–Trinajstić information content (AvgIpc) is 2.25. The topological polar surface area (TPSA) is 72.7 Å². The molecule has 0 atom stereocenters. The summed E-state index contributed by atoms with van der Waals surface area (Å²) in [4.78, 5) is 28.8. The quantitative estimate of drug-likeness (QED) is 0.579. The molecule has 0 unspecified atom stereocenters. The highest BCUT2D eigenvalue weighted by atomic mass is 28.4. The lowest BCUT2D eigenvalue weighted by atomic mass is 10.1. The molecule has 0 aliphatic carbocycles. The van der Waals surface area contributed by atoms with Gasteiger partial charge in [-0.1, -0.05) is 36.4 Å². The Morgan fingerprint density at radius 1 is 0.938 bits per heavy atom. The Bertz CT molecular complexity index is 496. The zero-order chi connectivity index (χ0) is 11.6. The van der Waals surface area contributed by atoms with Gasteiger partial charge in [0.05, 0.1) is 0 Å². The Balaban J connectivity index is 2.20. The van der Waals surface area contributed by atoms with Crippen LogP contribution in [0.1, 0.15) is 5.56 Å². The summed E-state index contributed by atoms with van der Waals surface area (Å²) in [6, 6.07) is 13.7. The fourth-order valence-corrected chi connectivity index (χ4v) is 2.01. The third-order valence-corrected chi connectivity index (χ3v) is 2.99. The predicted molar refractivity (Wildman–Crippen MR) is 63.2 cm³/mol. The molecule has 4 N–H and O–H groups in total. The lowest BCUT2D eigenvalue weighted by molar-refractivity contribution is 0.208. The summed E-state index contributed by atoms with van der Waals surface area (Å²) >= 11 is 0. The van der Waals surface area contributed by atoms with Crippen LogP contribution < -0.4 is 4.98 Å². The molecule has 0 aliphatic rings. The Morgan fingerprint density at radius 2 is 1.62 bits per heavy atom. The van der Waals surface area contributed by atoms with Crippen LogP contribution in [0.3, 0.4) is 0 Å².